The second kappa shape index (κ2) is 5.02. The lowest BCUT2D eigenvalue weighted by atomic mass is 10.1. The number of hydrogen-bond donors (Lipinski definition) is 2. The first-order valence-electron chi connectivity index (χ1n) is 6.12. The van der Waals surface area contributed by atoms with Crippen molar-refractivity contribution in [2.24, 2.45) is 0 Å². The number of aromatic amines is 1. The Morgan fingerprint density at radius 2 is 2.30 bits per heavy atom. The fourth-order valence-electron chi connectivity index (χ4n) is 2.38. The molecule has 9 heteroatoms. The van der Waals surface area contributed by atoms with Crippen molar-refractivity contribution < 1.29 is 9.84 Å². The van der Waals surface area contributed by atoms with E-state index >= 15 is 0 Å². The smallest absolute Gasteiger partial charge is 0.330 e. The van der Waals surface area contributed by atoms with Crippen LogP contribution in [0.25, 0.3) is 0 Å². The zero-order chi connectivity index (χ0) is 14.1. The molecule has 0 bridgehead atoms. The second-order valence-corrected chi connectivity index (χ2v) is 4.52. The van der Waals surface area contributed by atoms with Crippen molar-refractivity contribution in [2.75, 3.05) is 6.61 Å². The van der Waals surface area contributed by atoms with Gasteiger partial charge in [0.2, 0.25) is 0 Å². The average Bonchev–Trinajstić information content (AvgIpc) is 3.07. The van der Waals surface area contributed by atoms with Crippen LogP contribution in [-0.2, 0) is 4.74 Å². The van der Waals surface area contributed by atoms with E-state index in [0.29, 0.717) is 6.42 Å². The Kier molecular flexibility index (Phi) is 3.20. The highest BCUT2D eigenvalue weighted by atomic mass is 16.5. The van der Waals surface area contributed by atoms with Gasteiger partial charge in [-0.3, -0.25) is 14.3 Å². The first kappa shape index (κ1) is 12.8. The predicted molar refractivity (Wildman–Crippen MR) is 66.0 cm³/mol. The second-order valence-electron chi connectivity index (χ2n) is 4.52. The Labute approximate surface area is 112 Å². The van der Waals surface area contributed by atoms with Gasteiger partial charge in [0.05, 0.1) is 18.8 Å². The third kappa shape index (κ3) is 2.17. The molecule has 106 valence electrons. The molecule has 3 atom stereocenters. The molecule has 0 saturated carbocycles. The van der Waals surface area contributed by atoms with Crippen LogP contribution in [0.3, 0.4) is 0 Å². The highest BCUT2D eigenvalue weighted by molar-refractivity contribution is 4.90. The van der Waals surface area contributed by atoms with E-state index in [1.54, 1.807) is 10.9 Å². The third-order valence-electron chi connectivity index (χ3n) is 3.33. The van der Waals surface area contributed by atoms with Gasteiger partial charge in [-0.1, -0.05) is 5.21 Å². The highest BCUT2D eigenvalue weighted by Gasteiger charge is 2.37. The molecule has 0 radical (unpaired) electrons. The van der Waals surface area contributed by atoms with Crippen molar-refractivity contribution in [1.29, 1.82) is 0 Å². The summed E-state index contributed by atoms with van der Waals surface area (Å²) in [5.41, 5.74) is -1.01. The van der Waals surface area contributed by atoms with Crippen LogP contribution in [0.1, 0.15) is 18.7 Å². The SMILES string of the molecule is O=c1ccn([C@@H]2CC(n3ccnn3)[C@H](CO)O2)c(=O)[nH]1. The van der Waals surface area contributed by atoms with E-state index in [9.17, 15) is 14.7 Å². The van der Waals surface area contributed by atoms with Crippen LogP contribution < -0.4 is 11.2 Å². The molecule has 1 aliphatic heterocycles. The molecule has 2 aromatic rings. The minimum Gasteiger partial charge on any atom is -0.394 e. The molecule has 1 aliphatic rings. The maximum absolute atomic E-state index is 11.7. The standard InChI is InChI=1S/C11H13N5O4/c17-6-8-7(16-4-2-12-14-16)5-10(20-8)15-3-1-9(18)13-11(15)19/h1-4,7-8,10,17H,5-6H2,(H,13,18,19)/t7?,8-,10-/m0/s1. The van der Waals surface area contributed by atoms with Crippen molar-refractivity contribution in [3.8, 4) is 0 Å². The number of rotatable bonds is 3. The van der Waals surface area contributed by atoms with E-state index < -0.39 is 23.6 Å². The van der Waals surface area contributed by atoms with Gasteiger partial charge in [-0.2, -0.15) is 0 Å². The molecule has 20 heavy (non-hydrogen) atoms. The summed E-state index contributed by atoms with van der Waals surface area (Å²) in [5.74, 6) is 0. The van der Waals surface area contributed by atoms with Gasteiger partial charge in [0.15, 0.2) is 0 Å². The molecular formula is C11H13N5O4. The Hall–Kier alpha value is -2.26. The number of aliphatic hydroxyl groups is 1. The maximum Gasteiger partial charge on any atom is 0.330 e. The number of ether oxygens (including phenoxy) is 1. The molecular weight excluding hydrogens is 266 g/mol. The van der Waals surface area contributed by atoms with Gasteiger partial charge in [0.1, 0.15) is 12.3 Å². The van der Waals surface area contributed by atoms with E-state index in [0.717, 1.165) is 0 Å². The summed E-state index contributed by atoms with van der Waals surface area (Å²) < 4.78 is 8.54. The van der Waals surface area contributed by atoms with Crippen LogP contribution in [0.5, 0.6) is 0 Å². The first-order valence-corrected chi connectivity index (χ1v) is 6.12. The highest BCUT2D eigenvalue weighted by Crippen LogP contribution is 2.35. The summed E-state index contributed by atoms with van der Waals surface area (Å²) in [6.07, 6.45) is 3.99. The van der Waals surface area contributed by atoms with E-state index in [4.69, 9.17) is 4.74 Å². The molecule has 3 rings (SSSR count). The minimum absolute atomic E-state index is 0.195. The quantitative estimate of drug-likeness (QED) is 0.717. The van der Waals surface area contributed by atoms with Crippen LogP contribution in [0, 0.1) is 0 Å². The Balaban J connectivity index is 1.90. The number of aromatic nitrogens is 5. The molecule has 1 saturated heterocycles. The lowest BCUT2D eigenvalue weighted by molar-refractivity contribution is -0.0322. The summed E-state index contributed by atoms with van der Waals surface area (Å²) in [6.45, 7) is -0.195. The molecule has 9 nitrogen and oxygen atoms in total. The Morgan fingerprint density at radius 1 is 1.45 bits per heavy atom. The molecule has 0 aromatic carbocycles. The van der Waals surface area contributed by atoms with Crippen LogP contribution in [0.2, 0.25) is 0 Å². The maximum atomic E-state index is 11.7. The van der Waals surface area contributed by atoms with Crippen molar-refractivity contribution in [1.82, 2.24) is 24.5 Å². The summed E-state index contributed by atoms with van der Waals surface area (Å²) in [5, 5.41) is 17.0. The van der Waals surface area contributed by atoms with Gasteiger partial charge in [-0.25, -0.2) is 9.48 Å². The summed E-state index contributed by atoms with van der Waals surface area (Å²) in [7, 11) is 0. The number of H-pyrrole nitrogens is 1. The molecule has 2 N–H and O–H groups in total. The lowest BCUT2D eigenvalue weighted by Gasteiger charge is -2.15. The summed E-state index contributed by atoms with van der Waals surface area (Å²) in [6, 6.07) is 1.04. The monoisotopic (exact) mass is 279 g/mol. The van der Waals surface area contributed by atoms with E-state index in [1.165, 1.54) is 23.0 Å². The molecule has 0 spiro atoms. The zero-order valence-corrected chi connectivity index (χ0v) is 10.4. The van der Waals surface area contributed by atoms with Crippen molar-refractivity contribution >= 4 is 0 Å². The number of nitrogens with one attached hydrogen (secondary N) is 1. The number of nitrogens with zero attached hydrogens (tertiary/aromatic N) is 4. The molecule has 1 unspecified atom stereocenters. The number of hydrogen-bond acceptors (Lipinski definition) is 6. The Bertz CT molecular complexity index is 691. The van der Waals surface area contributed by atoms with E-state index in [1.807, 2.05) is 0 Å². The molecule has 0 aliphatic carbocycles. The van der Waals surface area contributed by atoms with Gasteiger partial charge >= 0.3 is 5.69 Å². The third-order valence-corrected chi connectivity index (χ3v) is 3.33. The zero-order valence-electron chi connectivity index (χ0n) is 10.4. The molecule has 0 amide bonds. The van der Waals surface area contributed by atoms with Crippen LogP contribution in [-0.4, -0.2) is 42.4 Å². The van der Waals surface area contributed by atoms with Crippen molar-refractivity contribution in [3.05, 3.63) is 45.5 Å². The van der Waals surface area contributed by atoms with Gasteiger partial charge in [0, 0.05) is 24.9 Å². The van der Waals surface area contributed by atoms with E-state index in [-0.39, 0.29) is 12.6 Å². The lowest BCUT2D eigenvalue weighted by Crippen LogP contribution is -2.31. The van der Waals surface area contributed by atoms with Gasteiger partial charge in [0.25, 0.3) is 5.56 Å². The van der Waals surface area contributed by atoms with Crippen molar-refractivity contribution in [2.45, 2.75) is 24.8 Å². The average molecular weight is 279 g/mol. The molecule has 3 heterocycles. The number of aliphatic hydroxyl groups excluding tert-OH is 1. The first-order chi connectivity index (χ1) is 9.69. The fraction of sp³-hybridized carbons (Fsp3) is 0.455. The van der Waals surface area contributed by atoms with Crippen molar-refractivity contribution in [3.63, 3.8) is 0 Å². The van der Waals surface area contributed by atoms with Gasteiger partial charge < -0.3 is 9.84 Å². The topological polar surface area (TPSA) is 115 Å². The summed E-state index contributed by atoms with van der Waals surface area (Å²) in [4.78, 5) is 25.0. The van der Waals surface area contributed by atoms with Gasteiger partial charge in [-0.05, 0) is 0 Å². The largest absolute Gasteiger partial charge is 0.394 e. The van der Waals surface area contributed by atoms with E-state index in [2.05, 4.69) is 15.3 Å². The van der Waals surface area contributed by atoms with Crippen LogP contribution in [0.4, 0.5) is 0 Å². The van der Waals surface area contributed by atoms with Gasteiger partial charge in [-0.15, -0.1) is 5.10 Å². The minimum atomic E-state index is -0.564. The van der Waals surface area contributed by atoms with Crippen LogP contribution >= 0.6 is 0 Å². The predicted octanol–water partition coefficient (Wildman–Crippen LogP) is -1.35. The summed E-state index contributed by atoms with van der Waals surface area (Å²) >= 11 is 0. The molecule has 2 aromatic heterocycles. The van der Waals surface area contributed by atoms with Crippen LogP contribution in [0.15, 0.2) is 34.2 Å². The normalized spacial score (nSPS) is 25.9. The Morgan fingerprint density at radius 3 is 2.95 bits per heavy atom. The molecule has 1 fully saturated rings. The fourth-order valence-corrected chi connectivity index (χ4v) is 2.38.